The van der Waals surface area contributed by atoms with Crippen LogP contribution in [0, 0.1) is 11.6 Å². The van der Waals surface area contributed by atoms with Gasteiger partial charge in [0.1, 0.15) is 17.3 Å². The fourth-order valence-electron chi connectivity index (χ4n) is 4.49. The summed E-state index contributed by atoms with van der Waals surface area (Å²) in [6, 6.07) is 4.49. The van der Waals surface area contributed by atoms with Crippen LogP contribution >= 0.6 is 0 Å². The third-order valence-electron chi connectivity index (χ3n) is 5.72. The molecule has 0 saturated heterocycles. The van der Waals surface area contributed by atoms with Crippen LogP contribution in [-0.2, 0) is 11.2 Å². The summed E-state index contributed by atoms with van der Waals surface area (Å²) < 4.78 is 56.5. The molecule has 0 bridgehead atoms. The first-order valence-corrected chi connectivity index (χ1v) is 10.3. The molecule has 0 aromatic heterocycles. The zero-order valence-corrected chi connectivity index (χ0v) is 18.0. The van der Waals surface area contributed by atoms with Crippen LogP contribution in [0.4, 0.5) is 13.2 Å². The first-order valence-electron chi connectivity index (χ1n) is 10.3. The molecule has 2 aliphatic heterocycles. The fraction of sp³-hybridized carbons (Fsp3) is 0.375. The third kappa shape index (κ3) is 4.19. The van der Waals surface area contributed by atoms with E-state index in [0.29, 0.717) is 23.5 Å². The minimum atomic E-state index is -1.60. The van der Waals surface area contributed by atoms with Crippen molar-refractivity contribution in [1.29, 1.82) is 0 Å². The highest BCUT2D eigenvalue weighted by Gasteiger charge is 2.41. The van der Waals surface area contributed by atoms with E-state index in [0.717, 1.165) is 29.8 Å². The molecule has 2 aromatic carbocycles. The summed E-state index contributed by atoms with van der Waals surface area (Å²) in [5, 5.41) is 8.79. The van der Waals surface area contributed by atoms with E-state index in [1.165, 1.54) is 13.8 Å². The molecule has 2 atom stereocenters. The van der Waals surface area contributed by atoms with Gasteiger partial charge in [-0.1, -0.05) is 6.07 Å². The van der Waals surface area contributed by atoms with E-state index in [4.69, 9.17) is 14.6 Å². The highest BCUT2D eigenvalue weighted by atomic mass is 19.1. The first-order chi connectivity index (χ1) is 15.0. The van der Waals surface area contributed by atoms with E-state index < -0.39 is 29.3 Å². The molecule has 0 aliphatic carbocycles. The molecule has 2 aromatic rings. The average molecular weight is 447 g/mol. The van der Waals surface area contributed by atoms with Crippen molar-refractivity contribution >= 4 is 12.0 Å². The Morgan fingerprint density at radius 2 is 1.94 bits per heavy atom. The summed E-state index contributed by atoms with van der Waals surface area (Å²) >= 11 is 0. The SMILES string of the molecule is CC1Cc2c(ccc3c2OCO3)C(c2c(F)cc(/C=C/C(=O)O)cc2F)N1CC(C)(C)F. The molecule has 32 heavy (non-hydrogen) atoms. The van der Waals surface area contributed by atoms with Gasteiger partial charge in [0.25, 0.3) is 0 Å². The maximum absolute atomic E-state index is 15.3. The summed E-state index contributed by atoms with van der Waals surface area (Å²) in [6.45, 7) is 4.78. The highest BCUT2D eigenvalue weighted by Crippen LogP contribution is 2.48. The number of benzene rings is 2. The molecule has 0 saturated carbocycles. The maximum Gasteiger partial charge on any atom is 0.328 e. The molecule has 0 amide bonds. The molecule has 170 valence electrons. The van der Waals surface area contributed by atoms with E-state index in [1.54, 1.807) is 17.0 Å². The van der Waals surface area contributed by atoms with Crippen molar-refractivity contribution in [2.24, 2.45) is 0 Å². The normalized spacial score (nSPS) is 20.6. The highest BCUT2D eigenvalue weighted by molar-refractivity contribution is 5.85. The summed E-state index contributed by atoms with van der Waals surface area (Å²) in [5.74, 6) is -1.76. The number of hydrogen-bond donors (Lipinski definition) is 1. The standard InChI is InChI=1S/C24H24F3NO4/c1-13-8-16-15(5-6-19-23(16)32-12-31-19)22(28(13)11-24(2,3)27)21-17(25)9-14(10-18(21)26)4-7-20(29)30/h4-7,9-10,13,22H,8,11-12H2,1-3H3,(H,29,30)/b7-4+. The van der Waals surface area contributed by atoms with Crippen molar-refractivity contribution < 1.29 is 32.5 Å². The number of carboxylic acids is 1. The molecule has 0 fully saturated rings. The van der Waals surface area contributed by atoms with E-state index >= 15 is 8.78 Å². The number of alkyl halides is 1. The predicted octanol–water partition coefficient (Wildman–Crippen LogP) is 4.88. The Labute approximate surface area is 184 Å². The summed E-state index contributed by atoms with van der Waals surface area (Å²) in [4.78, 5) is 12.5. The van der Waals surface area contributed by atoms with E-state index in [-0.39, 0.29) is 30.5 Å². The van der Waals surface area contributed by atoms with Gasteiger partial charge in [-0.2, -0.15) is 0 Å². The van der Waals surface area contributed by atoms with Gasteiger partial charge >= 0.3 is 5.97 Å². The van der Waals surface area contributed by atoms with Crippen LogP contribution in [0.5, 0.6) is 11.5 Å². The van der Waals surface area contributed by atoms with Gasteiger partial charge in [-0.3, -0.25) is 4.90 Å². The summed E-state index contributed by atoms with van der Waals surface area (Å²) in [6.07, 6.45) is 2.44. The second-order valence-corrected chi connectivity index (χ2v) is 8.78. The number of halogens is 3. The molecule has 2 unspecified atom stereocenters. The fourth-order valence-corrected chi connectivity index (χ4v) is 4.49. The molecular formula is C24H24F3NO4. The van der Waals surface area contributed by atoms with Crippen LogP contribution in [0.15, 0.2) is 30.3 Å². The van der Waals surface area contributed by atoms with Gasteiger partial charge in [-0.15, -0.1) is 0 Å². The van der Waals surface area contributed by atoms with Crippen LogP contribution in [0.25, 0.3) is 6.08 Å². The van der Waals surface area contributed by atoms with Crippen LogP contribution < -0.4 is 9.47 Å². The number of carboxylic acid groups (broad SMARTS) is 1. The lowest BCUT2D eigenvalue weighted by Gasteiger charge is -2.44. The summed E-state index contributed by atoms with van der Waals surface area (Å²) in [7, 11) is 0. The monoisotopic (exact) mass is 447 g/mol. The van der Waals surface area contributed by atoms with E-state index in [9.17, 15) is 9.18 Å². The Balaban J connectivity index is 1.88. The van der Waals surface area contributed by atoms with Crippen molar-refractivity contribution in [2.45, 2.75) is 44.9 Å². The quantitative estimate of drug-likeness (QED) is 0.663. The lowest BCUT2D eigenvalue weighted by atomic mass is 9.83. The second kappa shape index (κ2) is 8.16. The van der Waals surface area contributed by atoms with Gasteiger partial charge in [0, 0.05) is 29.8 Å². The molecule has 5 nitrogen and oxygen atoms in total. The number of hydrogen-bond acceptors (Lipinski definition) is 4. The van der Waals surface area contributed by atoms with Gasteiger partial charge < -0.3 is 14.6 Å². The van der Waals surface area contributed by atoms with Gasteiger partial charge in [-0.25, -0.2) is 18.0 Å². The number of ether oxygens (including phenoxy) is 2. The largest absolute Gasteiger partial charge is 0.478 e. The Morgan fingerprint density at radius 1 is 1.25 bits per heavy atom. The van der Waals surface area contributed by atoms with Crippen molar-refractivity contribution in [3.63, 3.8) is 0 Å². The first kappa shape index (κ1) is 22.2. The molecule has 2 aliphatic rings. The van der Waals surface area contributed by atoms with E-state index in [1.807, 2.05) is 6.92 Å². The smallest absolute Gasteiger partial charge is 0.328 e. The summed E-state index contributed by atoms with van der Waals surface area (Å²) in [5.41, 5.74) is -0.314. The van der Waals surface area contributed by atoms with Crippen molar-refractivity contribution in [2.75, 3.05) is 13.3 Å². The van der Waals surface area contributed by atoms with Crippen molar-refractivity contribution in [3.05, 3.63) is 64.2 Å². The third-order valence-corrected chi connectivity index (χ3v) is 5.72. The molecule has 0 radical (unpaired) electrons. The Morgan fingerprint density at radius 3 is 2.56 bits per heavy atom. The molecule has 0 spiro atoms. The van der Waals surface area contributed by atoms with Gasteiger partial charge in [0.05, 0.1) is 6.04 Å². The Kier molecular flexibility index (Phi) is 5.67. The van der Waals surface area contributed by atoms with Crippen LogP contribution in [-0.4, -0.2) is 41.0 Å². The Hall–Kier alpha value is -3.00. The van der Waals surface area contributed by atoms with Gasteiger partial charge in [-0.05, 0) is 62.6 Å². The number of fused-ring (bicyclic) bond motifs is 3. The Bertz CT molecular complexity index is 1070. The minimum absolute atomic E-state index is 0.0355. The molecule has 4 rings (SSSR count). The van der Waals surface area contributed by atoms with E-state index in [2.05, 4.69) is 0 Å². The van der Waals surface area contributed by atoms with Crippen molar-refractivity contribution in [1.82, 2.24) is 4.90 Å². The topological polar surface area (TPSA) is 59.0 Å². The number of rotatable bonds is 5. The maximum atomic E-state index is 15.3. The van der Waals surface area contributed by atoms with Crippen LogP contribution in [0.3, 0.4) is 0 Å². The molecule has 1 N–H and O–H groups in total. The number of carbonyl (C=O) groups is 1. The predicted molar refractivity (Wildman–Crippen MR) is 112 cm³/mol. The number of aliphatic carboxylic acids is 1. The van der Waals surface area contributed by atoms with Crippen LogP contribution in [0.1, 0.15) is 49.1 Å². The second-order valence-electron chi connectivity index (χ2n) is 8.78. The average Bonchev–Trinajstić information content (AvgIpc) is 3.16. The molecular weight excluding hydrogens is 423 g/mol. The molecule has 2 heterocycles. The minimum Gasteiger partial charge on any atom is -0.478 e. The van der Waals surface area contributed by atoms with Crippen LogP contribution in [0.2, 0.25) is 0 Å². The number of nitrogens with zero attached hydrogens (tertiary/aromatic N) is 1. The van der Waals surface area contributed by atoms with Gasteiger partial charge in [0.15, 0.2) is 11.5 Å². The van der Waals surface area contributed by atoms with Crippen molar-refractivity contribution in [3.8, 4) is 11.5 Å². The molecule has 8 heteroatoms. The zero-order chi connectivity index (χ0) is 23.2. The zero-order valence-electron chi connectivity index (χ0n) is 18.0. The lowest BCUT2D eigenvalue weighted by Crippen LogP contribution is -2.48. The lowest BCUT2D eigenvalue weighted by molar-refractivity contribution is -0.131. The van der Waals surface area contributed by atoms with Gasteiger partial charge in [0.2, 0.25) is 6.79 Å².